The molecule has 0 amide bonds. The SMILES string of the molecule is CCCn1ncnc1CC(=O)c1ccc2c(c1)CCCN2. The normalized spacial score (nSPS) is 13.6. The third-order valence-electron chi connectivity index (χ3n) is 3.82. The summed E-state index contributed by atoms with van der Waals surface area (Å²) in [7, 11) is 0. The molecule has 0 saturated carbocycles. The van der Waals surface area contributed by atoms with Gasteiger partial charge >= 0.3 is 0 Å². The van der Waals surface area contributed by atoms with Crippen LogP contribution in [0.3, 0.4) is 0 Å². The highest BCUT2D eigenvalue weighted by atomic mass is 16.1. The van der Waals surface area contributed by atoms with Crippen LogP contribution in [0.25, 0.3) is 0 Å². The minimum atomic E-state index is 0.105. The third-order valence-corrected chi connectivity index (χ3v) is 3.82. The number of rotatable bonds is 5. The summed E-state index contributed by atoms with van der Waals surface area (Å²) in [6.45, 7) is 3.90. The molecule has 0 radical (unpaired) electrons. The lowest BCUT2D eigenvalue weighted by Gasteiger charge is -2.18. The van der Waals surface area contributed by atoms with Crippen molar-refractivity contribution in [3.05, 3.63) is 41.5 Å². The van der Waals surface area contributed by atoms with Crippen LogP contribution in [0.15, 0.2) is 24.5 Å². The monoisotopic (exact) mass is 284 g/mol. The van der Waals surface area contributed by atoms with Gasteiger partial charge in [-0.15, -0.1) is 0 Å². The fourth-order valence-electron chi connectivity index (χ4n) is 2.72. The molecule has 2 heterocycles. The van der Waals surface area contributed by atoms with Gasteiger partial charge in [0, 0.05) is 24.3 Å². The van der Waals surface area contributed by atoms with Crippen LogP contribution in [-0.2, 0) is 19.4 Å². The summed E-state index contributed by atoms with van der Waals surface area (Å²) in [5.41, 5.74) is 3.16. The first-order valence-corrected chi connectivity index (χ1v) is 7.54. The molecule has 0 bridgehead atoms. The van der Waals surface area contributed by atoms with Crippen LogP contribution in [-0.4, -0.2) is 27.1 Å². The highest BCUT2D eigenvalue weighted by molar-refractivity contribution is 5.97. The van der Waals surface area contributed by atoms with E-state index >= 15 is 0 Å². The first-order chi connectivity index (χ1) is 10.3. The molecule has 0 aliphatic carbocycles. The summed E-state index contributed by atoms with van der Waals surface area (Å²) >= 11 is 0. The van der Waals surface area contributed by atoms with E-state index in [1.165, 1.54) is 11.9 Å². The number of aromatic nitrogens is 3. The number of fused-ring (bicyclic) bond motifs is 1. The second kappa shape index (κ2) is 6.08. The van der Waals surface area contributed by atoms with Gasteiger partial charge in [-0.25, -0.2) is 9.67 Å². The van der Waals surface area contributed by atoms with Crippen LogP contribution >= 0.6 is 0 Å². The van der Waals surface area contributed by atoms with Gasteiger partial charge in [-0.05, 0) is 43.0 Å². The molecule has 0 spiro atoms. The zero-order valence-corrected chi connectivity index (χ0v) is 12.3. The number of anilines is 1. The maximum absolute atomic E-state index is 12.5. The van der Waals surface area contributed by atoms with Gasteiger partial charge in [-0.2, -0.15) is 5.10 Å². The predicted octanol–water partition coefficient (Wildman–Crippen LogP) is 2.47. The molecule has 1 aliphatic rings. The van der Waals surface area contributed by atoms with Crippen molar-refractivity contribution in [3.63, 3.8) is 0 Å². The summed E-state index contributed by atoms with van der Waals surface area (Å²) in [6.07, 6.45) is 4.97. The van der Waals surface area contributed by atoms with Gasteiger partial charge in [0.15, 0.2) is 5.78 Å². The van der Waals surface area contributed by atoms with E-state index in [1.54, 1.807) is 0 Å². The molecule has 0 unspecified atom stereocenters. The number of carbonyl (C=O) groups excluding carboxylic acids is 1. The van der Waals surface area contributed by atoms with Gasteiger partial charge in [-0.3, -0.25) is 4.79 Å². The Labute approximate surface area is 124 Å². The smallest absolute Gasteiger partial charge is 0.170 e. The molecule has 5 heteroatoms. The van der Waals surface area contributed by atoms with Crippen molar-refractivity contribution in [2.45, 2.75) is 39.2 Å². The topological polar surface area (TPSA) is 59.8 Å². The molecule has 110 valence electrons. The Balaban J connectivity index is 1.77. The number of Topliss-reactive ketones (excluding diaryl/α,β-unsaturated/α-hetero) is 1. The second-order valence-electron chi connectivity index (χ2n) is 5.40. The van der Waals surface area contributed by atoms with Crippen molar-refractivity contribution in [2.75, 3.05) is 11.9 Å². The number of nitrogens with zero attached hydrogens (tertiary/aromatic N) is 3. The molecule has 21 heavy (non-hydrogen) atoms. The Bertz CT molecular complexity index is 647. The Hall–Kier alpha value is -2.17. The Kier molecular flexibility index (Phi) is 3.99. The van der Waals surface area contributed by atoms with E-state index in [0.29, 0.717) is 6.42 Å². The van der Waals surface area contributed by atoms with Gasteiger partial charge in [0.25, 0.3) is 0 Å². The van der Waals surface area contributed by atoms with Crippen LogP contribution in [0.2, 0.25) is 0 Å². The second-order valence-corrected chi connectivity index (χ2v) is 5.40. The van der Waals surface area contributed by atoms with Crippen LogP contribution in [0.5, 0.6) is 0 Å². The highest BCUT2D eigenvalue weighted by Gasteiger charge is 2.15. The molecule has 1 N–H and O–H groups in total. The van der Waals surface area contributed by atoms with E-state index in [2.05, 4.69) is 22.3 Å². The van der Waals surface area contributed by atoms with Gasteiger partial charge in [0.2, 0.25) is 0 Å². The van der Waals surface area contributed by atoms with Gasteiger partial charge in [0.05, 0.1) is 6.42 Å². The Morgan fingerprint density at radius 1 is 1.43 bits per heavy atom. The molecule has 1 aliphatic heterocycles. The quantitative estimate of drug-likeness (QED) is 0.857. The number of hydrogen-bond acceptors (Lipinski definition) is 4. The summed E-state index contributed by atoms with van der Waals surface area (Å²) in [6, 6.07) is 5.93. The largest absolute Gasteiger partial charge is 0.385 e. The number of hydrogen-bond donors (Lipinski definition) is 1. The van der Waals surface area contributed by atoms with Gasteiger partial charge in [-0.1, -0.05) is 6.92 Å². The van der Waals surface area contributed by atoms with E-state index in [-0.39, 0.29) is 5.78 Å². The molecule has 0 atom stereocenters. The van der Waals surface area contributed by atoms with Crippen molar-refractivity contribution >= 4 is 11.5 Å². The maximum atomic E-state index is 12.5. The van der Waals surface area contributed by atoms with E-state index < -0.39 is 0 Å². The van der Waals surface area contributed by atoms with Crippen LogP contribution in [0.4, 0.5) is 5.69 Å². The molecular formula is C16H20N4O. The van der Waals surface area contributed by atoms with Gasteiger partial charge < -0.3 is 5.32 Å². The zero-order valence-electron chi connectivity index (χ0n) is 12.3. The predicted molar refractivity (Wildman–Crippen MR) is 81.6 cm³/mol. The average molecular weight is 284 g/mol. The lowest BCUT2D eigenvalue weighted by molar-refractivity contribution is 0.0989. The van der Waals surface area contributed by atoms with E-state index in [4.69, 9.17) is 0 Å². The van der Waals surface area contributed by atoms with Crippen LogP contribution in [0.1, 0.15) is 41.5 Å². The third kappa shape index (κ3) is 2.96. The molecule has 1 aromatic carbocycles. The highest BCUT2D eigenvalue weighted by Crippen LogP contribution is 2.23. The number of benzene rings is 1. The number of ketones is 1. The standard InChI is InChI=1S/C16H20N4O/c1-2-8-20-16(18-11-19-20)10-15(21)13-5-6-14-12(9-13)4-3-7-17-14/h5-6,9,11,17H,2-4,7-8,10H2,1H3. The molecule has 0 fully saturated rings. The van der Waals surface area contributed by atoms with Crippen molar-refractivity contribution < 1.29 is 4.79 Å². The Morgan fingerprint density at radius 2 is 2.33 bits per heavy atom. The van der Waals surface area contributed by atoms with Crippen molar-refractivity contribution in [2.24, 2.45) is 0 Å². The Morgan fingerprint density at radius 3 is 3.19 bits per heavy atom. The fraction of sp³-hybridized carbons (Fsp3) is 0.438. The minimum Gasteiger partial charge on any atom is -0.385 e. The molecule has 2 aromatic rings. The fourth-order valence-corrected chi connectivity index (χ4v) is 2.72. The summed E-state index contributed by atoms with van der Waals surface area (Å²) in [4.78, 5) is 16.7. The summed E-state index contributed by atoms with van der Waals surface area (Å²) in [5, 5.41) is 7.53. The maximum Gasteiger partial charge on any atom is 0.170 e. The molecular weight excluding hydrogens is 264 g/mol. The number of nitrogens with one attached hydrogen (secondary N) is 1. The van der Waals surface area contributed by atoms with Crippen molar-refractivity contribution in [1.82, 2.24) is 14.8 Å². The molecule has 0 saturated heterocycles. The zero-order chi connectivity index (χ0) is 14.7. The number of aryl methyl sites for hydroxylation is 2. The van der Waals surface area contributed by atoms with E-state index in [1.807, 2.05) is 22.9 Å². The van der Waals surface area contributed by atoms with Crippen LogP contribution in [0, 0.1) is 0 Å². The molecule has 3 rings (SSSR count). The lowest BCUT2D eigenvalue weighted by Crippen LogP contribution is -2.14. The average Bonchev–Trinajstić information content (AvgIpc) is 2.94. The first-order valence-electron chi connectivity index (χ1n) is 7.54. The van der Waals surface area contributed by atoms with Gasteiger partial charge in [0.1, 0.15) is 12.2 Å². The van der Waals surface area contributed by atoms with Crippen molar-refractivity contribution in [1.29, 1.82) is 0 Å². The van der Waals surface area contributed by atoms with Crippen molar-refractivity contribution in [3.8, 4) is 0 Å². The minimum absolute atomic E-state index is 0.105. The molecule has 5 nitrogen and oxygen atoms in total. The summed E-state index contributed by atoms with van der Waals surface area (Å²) in [5.74, 6) is 0.853. The van der Waals surface area contributed by atoms with E-state index in [9.17, 15) is 4.79 Å². The molecule has 1 aromatic heterocycles. The summed E-state index contributed by atoms with van der Waals surface area (Å²) < 4.78 is 1.82. The van der Waals surface area contributed by atoms with Crippen LogP contribution < -0.4 is 5.32 Å². The number of carbonyl (C=O) groups is 1. The lowest BCUT2D eigenvalue weighted by atomic mass is 9.98. The first kappa shape index (κ1) is 13.8. The van der Waals surface area contributed by atoms with E-state index in [0.717, 1.165) is 49.4 Å².